The molecule has 2 rings (SSSR count). The second-order valence-electron chi connectivity index (χ2n) is 4.86. The molecule has 5 nitrogen and oxygen atoms in total. The Balaban J connectivity index is 2.26. The summed E-state index contributed by atoms with van der Waals surface area (Å²) in [6.07, 6.45) is -0.328. The molecule has 1 amide bonds. The molecule has 1 atom stereocenters. The number of hydrogen-bond acceptors (Lipinski definition) is 3. The molecule has 2 aromatic rings. The highest BCUT2D eigenvalue weighted by molar-refractivity contribution is 5.86. The molecule has 0 bridgehead atoms. The van der Waals surface area contributed by atoms with Crippen LogP contribution in [0.15, 0.2) is 48.5 Å². The van der Waals surface area contributed by atoms with Crippen molar-refractivity contribution >= 4 is 11.9 Å². The molecule has 0 aromatic heterocycles. The molecule has 22 heavy (non-hydrogen) atoms. The van der Waals surface area contributed by atoms with Crippen molar-refractivity contribution in [3.8, 4) is 17.2 Å². The molecule has 0 radical (unpaired) electrons. The molecule has 0 spiro atoms. The van der Waals surface area contributed by atoms with E-state index in [0.717, 1.165) is 11.1 Å². The van der Waals surface area contributed by atoms with Crippen LogP contribution in [0, 0.1) is 11.3 Å². The molecule has 0 unspecified atom stereocenters. The second kappa shape index (κ2) is 6.55. The van der Waals surface area contributed by atoms with Crippen molar-refractivity contribution in [2.24, 2.45) is 5.73 Å². The third kappa shape index (κ3) is 3.49. The van der Waals surface area contributed by atoms with E-state index in [4.69, 9.17) is 16.1 Å². The smallest absolute Gasteiger partial charge is 0.304 e. The van der Waals surface area contributed by atoms with Gasteiger partial charge in [-0.05, 0) is 28.8 Å². The molecular formula is C17H14N2O3. The number of primary amides is 1. The van der Waals surface area contributed by atoms with Crippen LogP contribution in [0.4, 0.5) is 0 Å². The van der Waals surface area contributed by atoms with Gasteiger partial charge in [0.05, 0.1) is 24.0 Å². The van der Waals surface area contributed by atoms with Crippen LogP contribution in [0.3, 0.4) is 0 Å². The van der Waals surface area contributed by atoms with Gasteiger partial charge in [0.1, 0.15) is 0 Å². The minimum Gasteiger partial charge on any atom is -0.481 e. The van der Waals surface area contributed by atoms with Crippen molar-refractivity contribution in [1.82, 2.24) is 0 Å². The Morgan fingerprint density at radius 3 is 1.95 bits per heavy atom. The molecule has 110 valence electrons. The molecule has 3 N–H and O–H groups in total. The van der Waals surface area contributed by atoms with Gasteiger partial charge < -0.3 is 10.8 Å². The Labute approximate surface area is 127 Å². The maximum absolute atomic E-state index is 11.4. The first-order valence-electron chi connectivity index (χ1n) is 6.63. The van der Waals surface area contributed by atoms with Gasteiger partial charge in [0.2, 0.25) is 5.91 Å². The molecule has 5 heteroatoms. The van der Waals surface area contributed by atoms with Gasteiger partial charge in [-0.2, -0.15) is 5.26 Å². The van der Waals surface area contributed by atoms with Gasteiger partial charge in [0.15, 0.2) is 0 Å². The number of nitriles is 1. The number of aliphatic carboxylic acids is 1. The standard InChI is InChI=1S/C17H14N2O3/c18-10-11-1-3-12(4-2-11)13-5-7-14(8-6-13)15(17(19)22)9-16(20)21/h1-8,15H,9H2,(H2,19,22)(H,20,21)/t15-/m0/s1. The Morgan fingerprint density at radius 2 is 1.55 bits per heavy atom. The maximum Gasteiger partial charge on any atom is 0.304 e. The van der Waals surface area contributed by atoms with E-state index < -0.39 is 17.8 Å². The molecule has 2 aromatic carbocycles. The number of rotatable bonds is 5. The number of carbonyl (C=O) groups excluding carboxylic acids is 1. The number of nitrogens with zero attached hydrogens (tertiary/aromatic N) is 1. The summed E-state index contributed by atoms with van der Waals surface area (Å²) in [7, 11) is 0. The van der Waals surface area contributed by atoms with Crippen LogP contribution >= 0.6 is 0 Å². The van der Waals surface area contributed by atoms with Crippen molar-refractivity contribution in [3.05, 3.63) is 59.7 Å². The van der Waals surface area contributed by atoms with Gasteiger partial charge in [-0.15, -0.1) is 0 Å². The maximum atomic E-state index is 11.4. The number of nitrogens with two attached hydrogens (primary N) is 1. The number of hydrogen-bond donors (Lipinski definition) is 2. The van der Waals surface area contributed by atoms with Crippen molar-refractivity contribution in [3.63, 3.8) is 0 Å². The van der Waals surface area contributed by atoms with Crippen molar-refractivity contribution < 1.29 is 14.7 Å². The first-order valence-corrected chi connectivity index (χ1v) is 6.63. The van der Waals surface area contributed by atoms with Crippen molar-refractivity contribution in [1.29, 1.82) is 5.26 Å². The third-order valence-electron chi connectivity index (χ3n) is 3.38. The first kappa shape index (κ1) is 15.3. The first-order chi connectivity index (χ1) is 10.5. The van der Waals surface area contributed by atoms with Crippen LogP contribution in [0.1, 0.15) is 23.5 Å². The van der Waals surface area contributed by atoms with Gasteiger partial charge in [0.25, 0.3) is 0 Å². The van der Waals surface area contributed by atoms with E-state index in [1.807, 2.05) is 12.1 Å². The molecular weight excluding hydrogens is 280 g/mol. The highest BCUT2D eigenvalue weighted by Gasteiger charge is 2.21. The van der Waals surface area contributed by atoms with E-state index >= 15 is 0 Å². The van der Waals surface area contributed by atoms with E-state index in [0.29, 0.717) is 11.1 Å². The van der Waals surface area contributed by atoms with Gasteiger partial charge >= 0.3 is 5.97 Å². The van der Waals surface area contributed by atoms with Gasteiger partial charge in [-0.25, -0.2) is 0 Å². The summed E-state index contributed by atoms with van der Waals surface area (Å²) in [5.74, 6) is -2.57. The van der Waals surface area contributed by atoms with Crippen LogP contribution in [-0.2, 0) is 9.59 Å². The Bertz CT molecular complexity index is 728. The average Bonchev–Trinajstić information content (AvgIpc) is 2.52. The fourth-order valence-corrected chi connectivity index (χ4v) is 2.20. The largest absolute Gasteiger partial charge is 0.481 e. The Kier molecular flexibility index (Phi) is 4.54. The highest BCUT2D eigenvalue weighted by atomic mass is 16.4. The molecule has 0 heterocycles. The molecule has 0 aliphatic carbocycles. The van der Waals surface area contributed by atoms with Crippen LogP contribution in [0.2, 0.25) is 0 Å². The average molecular weight is 294 g/mol. The number of carboxylic acids is 1. The lowest BCUT2D eigenvalue weighted by Crippen LogP contribution is -2.23. The zero-order chi connectivity index (χ0) is 16.1. The molecule has 0 fully saturated rings. The van der Waals surface area contributed by atoms with Gasteiger partial charge in [-0.1, -0.05) is 36.4 Å². The zero-order valence-electron chi connectivity index (χ0n) is 11.7. The van der Waals surface area contributed by atoms with Gasteiger partial charge in [0, 0.05) is 0 Å². The third-order valence-corrected chi connectivity index (χ3v) is 3.38. The minimum absolute atomic E-state index is 0.328. The summed E-state index contributed by atoms with van der Waals surface area (Å²) in [6.45, 7) is 0. The lowest BCUT2D eigenvalue weighted by molar-refractivity contribution is -0.139. The quantitative estimate of drug-likeness (QED) is 0.882. The van der Waals surface area contributed by atoms with Gasteiger partial charge in [-0.3, -0.25) is 9.59 Å². The van der Waals surface area contributed by atoms with E-state index in [9.17, 15) is 9.59 Å². The fraction of sp³-hybridized carbons (Fsp3) is 0.118. The van der Waals surface area contributed by atoms with Crippen LogP contribution in [0.25, 0.3) is 11.1 Å². The molecule has 0 aliphatic rings. The van der Waals surface area contributed by atoms with Crippen LogP contribution in [-0.4, -0.2) is 17.0 Å². The zero-order valence-corrected chi connectivity index (χ0v) is 11.7. The van der Waals surface area contributed by atoms with Crippen molar-refractivity contribution in [2.45, 2.75) is 12.3 Å². The molecule has 0 saturated carbocycles. The lowest BCUT2D eigenvalue weighted by Gasteiger charge is -2.12. The fourth-order valence-electron chi connectivity index (χ4n) is 2.20. The number of carboxylic acid groups (broad SMARTS) is 1. The normalized spacial score (nSPS) is 11.4. The van der Waals surface area contributed by atoms with E-state index in [1.165, 1.54) is 0 Å². The summed E-state index contributed by atoms with van der Waals surface area (Å²) in [5.41, 5.74) is 8.26. The Morgan fingerprint density at radius 1 is 1.05 bits per heavy atom. The van der Waals surface area contributed by atoms with E-state index in [1.54, 1.807) is 36.4 Å². The SMILES string of the molecule is N#Cc1ccc(-c2ccc([C@H](CC(=O)O)C(N)=O)cc2)cc1. The second-order valence-corrected chi connectivity index (χ2v) is 4.86. The summed E-state index contributed by atoms with van der Waals surface area (Å²) in [5, 5.41) is 17.6. The topological polar surface area (TPSA) is 104 Å². The number of amides is 1. The predicted molar refractivity (Wildman–Crippen MR) is 80.8 cm³/mol. The summed E-state index contributed by atoms with van der Waals surface area (Å²) in [6, 6.07) is 16.2. The minimum atomic E-state index is -1.07. The van der Waals surface area contributed by atoms with E-state index in [-0.39, 0.29) is 6.42 Å². The molecule has 0 aliphatic heterocycles. The highest BCUT2D eigenvalue weighted by Crippen LogP contribution is 2.25. The van der Waals surface area contributed by atoms with Crippen molar-refractivity contribution in [2.75, 3.05) is 0 Å². The lowest BCUT2D eigenvalue weighted by atomic mass is 9.93. The number of carbonyl (C=O) groups is 2. The summed E-state index contributed by atoms with van der Waals surface area (Å²) < 4.78 is 0. The van der Waals surface area contributed by atoms with Crippen LogP contribution < -0.4 is 5.73 Å². The molecule has 0 saturated heterocycles. The van der Waals surface area contributed by atoms with Crippen LogP contribution in [0.5, 0.6) is 0 Å². The predicted octanol–water partition coefficient (Wildman–Crippen LogP) is 2.27. The monoisotopic (exact) mass is 294 g/mol. The Hall–Kier alpha value is -3.13. The number of benzene rings is 2. The summed E-state index contributed by atoms with van der Waals surface area (Å²) >= 11 is 0. The van der Waals surface area contributed by atoms with E-state index in [2.05, 4.69) is 6.07 Å². The summed E-state index contributed by atoms with van der Waals surface area (Å²) in [4.78, 5) is 22.2.